The van der Waals surface area contributed by atoms with Gasteiger partial charge in [-0.3, -0.25) is 9.89 Å². The number of nitrogens with zero attached hydrogens (tertiary/aromatic N) is 5. The summed E-state index contributed by atoms with van der Waals surface area (Å²) in [5.41, 5.74) is 5.23. The van der Waals surface area contributed by atoms with Gasteiger partial charge in [-0.1, -0.05) is 29.5 Å². The van der Waals surface area contributed by atoms with Crippen LogP contribution in [0.1, 0.15) is 28.1 Å². The maximum absolute atomic E-state index is 12.5. The number of aromatic nitrogens is 5. The molecule has 11 heteroatoms. The molecular weight excluding hydrogens is 424 g/mol. The number of benzene rings is 1. The number of anilines is 1. The van der Waals surface area contributed by atoms with E-state index < -0.39 is 6.09 Å². The molecule has 3 N–H and O–H groups in total. The number of alkyl carbamates (subject to hydrolysis) is 1. The van der Waals surface area contributed by atoms with E-state index in [4.69, 9.17) is 4.74 Å². The van der Waals surface area contributed by atoms with Crippen LogP contribution in [0.5, 0.6) is 0 Å². The molecule has 2 amide bonds. The van der Waals surface area contributed by atoms with Crippen LogP contribution in [-0.4, -0.2) is 61.5 Å². The number of aromatic amines is 1. The minimum absolute atomic E-state index is 0.260. The topological polar surface area (TPSA) is 138 Å². The zero-order valence-corrected chi connectivity index (χ0v) is 18.0. The van der Waals surface area contributed by atoms with Crippen molar-refractivity contribution in [3.8, 4) is 0 Å². The first-order valence-electron chi connectivity index (χ1n) is 10.9. The maximum Gasteiger partial charge on any atom is 0.407 e. The Morgan fingerprint density at radius 2 is 1.94 bits per heavy atom. The van der Waals surface area contributed by atoms with Crippen molar-refractivity contribution >= 4 is 17.9 Å². The van der Waals surface area contributed by atoms with Gasteiger partial charge in [0.25, 0.3) is 5.91 Å². The van der Waals surface area contributed by atoms with E-state index >= 15 is 0 Å². The lowest BCUT2D eigenvalue weighted by atomic mass is 10.1. The summed E-state index contributed by atoms with van der Waals surface area (Å²) in [5, 5.41) is 16.0. The maximum atomic E-state index is 12.5. The van der Waals surface area contributed by atoms with E-state index in [1.807, 2.05) is 0 Å². The van der Waals surface area contributed by atoms with Gasteiger partial charge in [0.2, 0.25) is 5.95 Å². The zero-order chi connectivity index (χ0) is 22.6. The van der Waals surface area contributed by atoms with E-state index in [1.54, 1.807) is 17.3 Å². The summed E-state index contributed by atoms with van der Waals surface area (Å²) in [6, 6.07) is 8.69. The van der Waals surface area contributed by atoms with Gasteiger partial charge in [0.15, 0.2) is 6.61 Å². The highest BCUT2D eigenvalue weighted by Crippen LogP contribution is 2.25. The summed E-state index contributed by atoms with van der Waals surface area (Å²) < 4.78 is 5.05. The van der Waals surface area contributed by atoms with Crippen LogP contribution in [0.3, 0.4) is 0 Å². The number of hydrogen-bond acceptors (Lipinski definition) is 8. The van der Waals surface area contributed by atoms with Gasteiger partial charge in [0.1, 0.15) is 0 Å². The summed E-state index contributed by atoms with van der Waals surface area (Å²) >= 11 is 0. The summed E-state index contributed by atoms with van der Waals surface area (Å²) in [7, 11) is 0. The Labute approximate surface area is 190 Å². The predicted octanol–water partition coefficient (Wildman–Crippen LogP) is 0.985. The summed E-state index contributed by atoms with van der Waals surface area (Å²) in [6.45, 7) is 0.795. The monoisotopic (exact) mass is 448 g/mol. The van der Waals surface area contributed by atoms with Gasteiger partial charge in [-0.25, -0.2) is 14.8 Å². The molecule has 3 aromatic rings. The second kappa shape index (κ2) is 9.23. The Hall–Kier alpha value is -4.02. The molecule has 1 aliphatic heterocycles. The van der Waals surface area contributed by atoms with Gasteiger partial charge in [0.05, 0.1) is 24.1 Å². The van der Waals surface area contributed by atoms with Gasteiger partial charge in [0, 0.05) is 37.3 Å². The van der Waals surface area contributed by atoms with Crippen LogP contribution < -0.4 is 10.6 Å². The van der Waals surface area contributed by atoms with E-state index in [0.29, 0.717) is 32.0 Å². The summed E-state index contributed by atoms with van der Waals surface area (Å²) in [6.07, 6.45) is 5.13. The second-order valence-corrected chi connectivity index (χ2v) is 8.17. The van der Waals surface area contributed by atoms with Crippen LogP contribution in [0.4, 0.5) is 10.7 Å². The van der Waals surface area contributed by atoms with Crippen molar-refractivity contribution < 1.29 is 14.3 Å². The number of rotatable bonds is 7. The molecule has 5 rings (SSSR count). The summed E-state index contributed by atoms with van der Waals surface area (Å²) in [5.74, 6) is 0.297. The molecule has 0 atom stereocenters. The minimum Gasteiger partial charge on any atom is -0.439 e. The lowest BCUT2D eigenvalue weighted by molar-refractivity contribution is -0.134. The first kappa shape index (κ1) is 20.9. The quantitative estimate of drug-likeness (QED) is 0.486. The molecule has 0 spiro atoms. The second-order valence-electron chi connectivity index (χ2n) is 8.17. The smallest absolute Gasteiger partial charge is 0.407 e. The van der Waals surface area contributed by atoms with Crippen molar-refractivity contribution in [1.29, 1.82) is 0 Å². The van der Waals surface area contributed by atoms with Crippen molar-refractivity contribution in [3.05, 3.63) is 64.7 Å². The number of carbonyl (C=O) groups is 2. The third-order valence-electron chi connectivity index (χ3n) is 5.85. The van der Waals surface area contributed by atoms with E-state index in [0.717, 1.165) is 29.8 Å². The molecule has 11 nitrogen and oxygen atoms in total. The number of ether oxygens (including phenoxy) is 1. The largest absolute Gasteiger partial charge is 0.439 e. The molecule has 3 heterocycles. The van der Waals surface area contributed by atoms with Gasteiger partial charge in [-0.05, 0) is 24.0 Å². The van der Waals surface area contributed by atoms with Crippen LogP contribution >= 0.6 is 0 Å². The Kier molecular flexibility index (Phi) is 5.83. The van der Waals surface area contributed by atoms with Gasteiger partial charge >= 0.3 is 6.09 Å². The van der Waals surface area contributed by atoms with E-state index in [2.05, 4.69) is 60.3 Å². The first-order valence-corrected chi connectivity index (χ1v) is 10.9. The number of nitrogens with one attached hydrogen (secondary N) is 3. The number of H-pyrrole nitrogens is 1. The van der Waals surface area contributed by atoms with Gasteiger partial charge < -0.3 is 20.3 Å². The van der Waals surface area contributed by atoms with Crippen molar-refractivity contribution in [2.75, 3.05) is 18.5 Å². The highest BCUT2D eigenvalue weighted by molar-refractivity contribution is 5.80. The van der Waals surface area contributed by atoms with Gasteiger partial charge in [-0.15, -0.1) is 5.10 Å². The van der Waals surface area contributed by atoms with E-state index in [-0.39, 0.29) is 18.6 Å². The lowest BCUT2D eigenvalue weighted by Crippen LogP contribution is -2.33. The average molecular weight is 448 g/mol. The third-order valence-corrected chi connectivity index (χ3v) is 5.85. The normalized spacial score (nSPS) is 14.6. The Morgan fingerprint density at radius 1 is 1.12 bits per heavy atom. The van der Waals surface area contributed by atoms with Crippen LogP contribution in [0.2, 0.25) is 0 Å². The molecule has 33 heavy (non-hydrogen) atoms. The molecule has 0 fully saturated rings. The molecule has 1 aromatic carbocycles. The fourth-order valence-electron chi connectivity index (χ4n) is 4.15. The predicted molar refractivity (Wildman–Crippen MR) is 117 cm³/mol. The molecule has 2 aromatic heterocycles. The number of fused-ring (bicyclic) bond motifs is 2. The number of hydrogen-bond donors (Lipinski definition) is 3. The highest BCUT2D eigenvalue weighted by Gasteiger charge is 2.27. The molecule has 0 radical (unpaired) electrons. The van der Waals surface area contributed by atoms with Crippen molar-refractivity contribution in [2.24, 2.45) is 0 Å². The van der Waals surface area contributed by atoms with Crippen molar-refractivity contribution in [2.45, 2.75) is 38.4 Å². The SMILES string of the molecule is O=C(NCCc1cnn[nH]1)OCC(=O)N1Cc2cnc(NC3Cc4ccccc4C3)nc2C1. The fraction of sp³-hybridized carbons (Fsp3) is 0.364. The van der Waals surface area contributed by atoms with E-state index in [1.165, 1.54) is 11.1 Å². The molecular formula is C22H24N8O3. The molecule has 170 valence electrons. The lowest BCUT2D eigenvalue weighted by Gasteiger charge is -2.15. The minimum atomic E-state index is -0.642. The Balaban J connectivity index is 1.08. The summed E-state index contributed by atoms with van der Waals surface area (Å²) in [4.78, 5) is 35.0. The van der Waals surface area contributed by atoms with Crippen LogP contribution in [0, 0.1) is 0 Å². The molecule has 0 bridgehead atoms. The molecule has 2 aliphatic rings. The van der Waals surface area contributed by atoms with Crippen LogP contribution in [0.15, 0.2) is 36.7 Å². The third kappa shape index (κ3) is 4.92. The Bertz CT molecular complexity index is 1130. The molecule has 1 aliphatic carbocycles. The number of carbonyl (C=O) groups excluding carboxylic acids is 2. The molecule has 0 unspecified atom stereocenters. The van der Waals surface area contributed by atoms with Crippen LogP contribution in [0.25, 0.3) is 0 Å². The number of amides is 2. The van der Waals surface area contributed by atoms with Crippen molar-refractivity contribution in [3.63, 3.8) is 0 Å². The highest BCUT2D eigenvalue weighted by atomic mass is 16.6. The molecule has 0 saturated heterocycles. The van der Waals surface area contributed by atoms with Crippen molar-refractivity contribution in [1.82, 2.24) is 35.6 Å². The Morgan fingerprint density at radius 3 is 2.70 bits per heavy atom. The molecule has 0 saturated carbocycles. The van der Waals surface area contributed by atoms with Gasteiger partial charge in [-0.2, -0.15) is 0 Å². The van der Waals surface area contributed by atoms with E-state index in [9.17, 15) is 9.59 Å². The standard InChI is InChI=1S/C22H24N8O3/c31-20(13-33-22(32)23-6-5-17-10-25-29-28-17)30-11-16-9-24-21(27-19(16)12-30)26-18-7-14-3-1-2-4-15(14)8-18/h1-4,9-10,18H,5-8,11-13H2,(H,23,32)(H,24,26,27)(H,25,28,29). The van der Waals surface area contributed by atoms with Crippen LogP contribution in [-0.2, 0) is 41.9 Å². The average Bonchev–Trinajstić information content (AvgIpc) is 3.56. The fourth-order valence-corrected chi connectivity index (χ4v) is 4.15. The zero-order valence-electron chi connectivity index (χ0n) is 18.0. The first-order chi connectivity index (χ1) is 16.1.